The average Bonchev–Trinajstić information content (AvgIpc) is 3.03. The molecule has 0 saturated heterocycles. The maximum absolute atomic E-state index is 12.0. The number of hydrogen-bond acceptors (Lipinski definition) is 5. The lowest BCUT2D eigenvalue weighted by Gasteiger charge is -2.05. The van der Waals surface area contributed by atoms with Crippen LogP contribution in [-0.4, -0.2) is 25.2 Å². The molecular weight excluding hydrogens is 336 g/mol. The third-order valence-corrected chi connectivity index (χ3v) is 4.22. The third kappa shape index (κ3) is 8.04. The maximum atomic E-state index is 12.0. The molecule has 136 valence electrons. The minimum absolute atomic E-state index is 0.0929. The van der Waals surface area contributed by atoms with Crippen LogP contribution in [-0.2, 0) is 19.1 Å². The first-order valence-electron chi connectivity index (χ1n) is 8.77. The van der Waals surface area contributed by atoms with E-state index in [0.29, 0.717) is 0 Å². The quantitative estimate of drug-likeness (QED) is 0.161. The van der Waals surface area contributed by atoms with Crippen LogP contribution in [0.2, 0.25) is 0 Å². The molecule has 0 aliphatic rings. The number of thiophene rings is 1. The van der Waals surface area contributed by atoms with E-state index in [4.69, 9.17) is 9.47 Å². The highest BCUT2D eigenvalue weighted by atomic mass is 32.1. The van der Waals surface area contributed by atoms with Gasteiger partial charge in [-0.15, -0.1) is 11.3 Å². The second-order valence-corrected chi connectivity index (χ2v) is 6.43. The van der Waals surface area contributed by atoms with Gasteiger partial charge in [0.2, 0.25) is 0 Å². The Bertz CT molecular complexity index is 626. The van der Waals surface area contributed by atoms with Crippen molar-refractivity contribution in [1.29, 1.82) is 0 Å². The Morgan fingerprint density at radius 2 is 1.72 bits per heavy atom. The van der Waals surface area contributed by atoms with E-state index in [0.717, 1.165) is 22.6 Å². The van der Waals surface area contributed by atoms with Gasteiger partial charge in [0, 0.05) is 11.3 Å². The molecule has 0 aliphatic heterocycles. The highest BCUT2D eigenvalue weighted by Gasteiger charge is 2.21. The molecule has 0 bridgehead atoms. The predicted molar refractivity (Wildman–Crippen MR) is 101 cm³/mol. The summed E-state index contributed by atoms with van der Waals surface area (Å²) in [4.78, 5) is 25.6. The smallest absolute Gasteiger partial charge is 0.345 e. The first kappa shape index (κ1) is 21.0. The van der Waals surface area contributed by atoms with E-state index in [9.17, 15) is 9.59 Å². The van der Waals surface area contributed by atoms with Gasteiger partial charge in [-0.05, 0) is 38.5 Å². The Morgan fingerprint density at radius 3 is 2.32 bits per heavy atom. The molecule has 0 atom stereocenters. The summed E-state index contributed by atoms with van der Waals surface area (Å²) in [6, 6.07) is 3.73. The minimum atomic E-state index is -0.669. The zero-order valence-corrected chi connectivity index (χ0v) is 16.0. The highest BCUT2D eigenvalue weighted by Crippen LogP contribution is 2.20. The normalized spacial score (nSPS) is 9.72. The molecule has 0 saturated carbocycles. The van der Waals surface area contributed by atoms with Crippen LogP contribution in [0.3, 0.4) is 0 Å². The Hall–Kier alpha value is -2.06. The number of rotatable bonds is 9. The molecular formula is C20H26O4S. The lowest BCUT2D eigenvalue weighted by Crippen LogP contribution is -2.18. The topological polar surface area (TPSA) is 52.6 Å². The number of hydrogen-bond donors (Lipinski definition) is 0. The van der Waals surface area contributed by atoms with Crippen LogP contribution in [0.1, 0.15) is 62.6 Å². The van der Waals surface area contributed by atoms with Crippen LogP contribution in [0, 0.1) is 11.8 Å². The number of carbonyl (C=O) groups is 2. The van der Waals surface area contributed by atoms with E-state index >= 15 is 0 Å². The van der Waals surface area contributed by atoms with Crippen molar-refractivity contribution >= 4 is 29.4 Å². The standard InChI is InChI=1S/C20H26O4S/c1-4-7-8-9-10-11-12-16-13-14-17(25-16)15-18(19(21)23-5-2)20(22)24-6-3/h13-15H,4-10H2,1-3H3. The van der Waals surface area contributed by atoms with E-state index in [1.807, 2.05) is 12.1 Å². The number of carbonyl (C=O) groups excluding carboxylic acids is 2. The zero-order chi connectivity index (χ0) is 18.5. The van der Waals surface area contributed by atoms with Gasteiger partial charge in [0.05, 0.1) is 18.1 Å². The van der Waals surface area contributed by atoms with E-state index in [1.165, 1.54) is 36.7 Å². The van der Waals surface area contributed by atoms with E-state index < -0.39 is 11.9 Å². The van der Waals surface area contributed by atoms with Crippen molar-refractivity contribution < 1.29 is 19.1 Å². The van der Waals surface area contributed by atoms with Crippen LogP contribution < -0.4 is 0 Å². The van der Waals surface area contributed by atoms with Crippen molar-refractivity contribution in [2.24, 2.45) is 0 Å². The Balaban J connectivity index is 2.79. The fourth-order valence-electron chi connectivity index (χ4n) is 2.05. The van der Waals surface area contributed by atoms with Crippen molar-refractivity contribution in [2.75, 3.05) is 13.2 Å². The summed E-state index contributed by atoms with van der Waals surface area (Å²) in [7, 11) is 0. The van der Waals surface area contributed by atoms with Crippen molar-refractivity contribution in [3.8, 4) is 11.8 Å². The van der Waals surface area contributed by atoms with E-state index in [1.54, 1.807) is 13.8 Å². The van der Waals surface area contributed by atoms with Crippen LogP contribution in [0.15, 0.2) is 17.7 Å². The summed E-state index contributed by atoms with van der Waals surface area (Å²) in [5.41, 5.74) is -0.0929. The van der Waals surface area contributed by atoms with Gasteiger partial charge in [-0.1, -0.05) is 38.0 Å². The van der Waals surface area contributed by atoms with Crippen LogP contribution in [0.5, 0.6) is 0 Å². The van der Waals surface area contributed by atoms with Crippen molar-refractivity contribution in [1.82, 2.24) is 0 Å². The molecule has 1 heterocycles. The molecule has 4 nitrogen and oxygen atoms in total. The van der Waals surface area contributed by atoms with Gasteiger partial charge in [0.1, 0.15) is 5.57 Å². The van der Waals surface area contributed by atoms with E-state index in [-0.39, 0.29) is 18.8 Å². The zero-order valence-electron chi connectivity index (χ0n) is 15.2. The summed E-state index contributed by atoms with van der Waals surface area (Å²) in [5, 5.41) is 0. The molecule has 1 rings (SSSR count). The molecule has 0 aromatic carbocycles. The first-order chi connectivity index (χ1) is 12.1. The van der Waals surface area contributed by atoms with E-state index in [2.05, 4.69) is 18.8 Å². The summed E-state index contributed by atoms with van der Waals surface area (Å²) >= 11 is 1.43. The van der Waals surface area contributed by atoms with Crippen LogP contribution in [0.25, 0.3) is 6.08 Å². The number of ether oxygens (including phenoxy) is 2. The second-order valence-electron chi connectivity index (χ2n) is 5.31. The van der Waals surface area contributed by atoms with Crippen molar-refractivity contribution in [3.63, 3.8) is 0 Å². The molecule has 1 aromatic heterocycles. The molecule has 0 radical (unpaired) electrons. The second kappa shape index (κ2) is 12.3. The van der Waals surface area contributed by atoms with Gasteiger partial charge < -0.3 is 9.47 Å². The summed E-state index contributed by atoms with van der Waals surface area (Å²) < 4.78 is 9.86. The fraction of sp³-hybridized carbons (Fsp3) is 0.500. The average molecular weight is 362 g/mol. The molecule has 0 unspecified atom stereocenters. The van der Waals surface area contributed by atoms with Crippen molar-refractivity contribution in [2.45, 2.75) is 52.9 Å². The van der Waals surface area contributed by atoms with Crippen molar-refractivity contribution in [3.05, 3.63) is 27.5 Å². The molecule has 0 spiro atoms. The monoisotopic (exact) mass is 362 g/mol. The minimum Gasteiger partial charge on any atom is -0.462 e. The van der Waals surface area contributed by atoms with Gasteiger partial charge >= 0.3 is 11.9 Å². The Labute approximate surface area is 154 Å². The third-order valence-electron chi connectivity index (χ3n) is 3.27. The molecule has 1 aromatic rings. The maximum Gasteiger partial charge on any atom is 0.345 e. The van der Waals surface area contributed by atoms with Gasteiger partial charge in [-0.3, -0.25) is 0 Å². The predicted octanol–water partition coefficient (Wildman–Crippen LogP) is 4.58. The van der Waals surface area contributed by atoms with Crippen LogP contribution in [0.4, 0.5) is 0 Å². The first-order valence-corrected chi connectivity index (χ1v) is 9.58. The van der Waals surface area contributed by atoms with Gasteiger partial charge in [0.15, 0.2) is 0 Å². The molecule has 25 heavy (non-hydrogen) atoms. The summed E-state index contributed by atoms with van der Waals surface area (Å²) in [5.74, 6) is 4.96. The molecule has 0 N–H and O–H groups in total. The van der Waals surface area contributed by atoms with Gasteiger partial charge in [0.25, 0.3) is 0 Å². The number of esters is 2. The molecule has 5 heteroatoms. The SMILES string of the molecule is CCCCCCC#Cc1ccc(C=C(C(=O)OCC)C(=O)OCC)s1. The Kier molecular flexibility index (Phi) is 10.3. The lowest BCUT2D eigenvalue weighted by atomic mass is 10.1. The molecule has 0 aliphatic carbocycles. The highest BCUT2D eigenvalue weighted by molar-refractivity contribution is 7.13. The number of unbranched alkanes of at least 4 members (excludes halogenated alkanes) is 4. The fourth-order valence-corrected chi connectivity index (χ4v) is 2.87. The molecule has 0 fully saturated rings. The van der Waals surface area contributed by atoms with Gasteiger partial charge in [-0.2, -0.15) is 0 Å². The van der Waals surface area contributed by atoms with Crippen LogP contribution >= 0.6 is 11.3 Å². The van der Waals surface area contributed by atoms with Gasteiger partial charge in [-0.25, -0.2) is 9.59 Å². The largest absolute Gasteiger partial charge is 0.462 e. The summed E-state index contributed by atoms with van der Waals surface area (Å²) in [6.07, 6.45) is 7.20. The molecule has 0 amide bonds. The Morgan fingerprint density at radius 1 is 1.04 bits per heavy atom. The lowest BCUT2D eigenvalue weighted by molar-refractivity contribution is -0.146. The summed E-state index contributed by atoms with van der Waals surface area (Å²) in [6.45, 7) is 5.98.